The molecule has 4 heteroatoms. The number of hydrogen-bond donors (Lipinski definition) is 2. The first-order valence-corrected chi connectivity index (χ1v) is 8.87. The van der Waals surface area contributed by atoms with E-state index in [1.54, 1.807) is 24.3 Å². The van der Waals surface area contributed by atoms with Crippen molar-refractivity contribution in [3.8, 4) is 11.5 Å². The third kappa shape index (κ3) is 2.54. The number of nitrogens with zero attached hydrogens (tertiary/aromatic N) is 2. The fourth-order valence-corrected chi connectivity index (χ4v) is 4.01. The molecule has 2 N–H and O–H groups in total. The van der Waals surface area contributed by atoms with Crippen LogP contribution >= 0.6 is 0 Å². The van der Waals surface area contributed by atoms with Gasteiger partial charge in [-0.2, -0.15) is 0 Å². The van der Waals surface area contributed by atoms with Gasteiger partial charge in [0.05, 0.1) is 0 Å². The molecular weight excluding hydrogens is 324 g/mol. The summed E-state index contributed by atoms with van der Waals surface area (Å²) in [5, 5.41) is 19.0. The maximum atomic E-state index is 9.48. The average molecular weight is 344 g/mol. The van der Waals surface area contributed by atoms with E-state index in [-0.39, 0.29) is 0 Å². The minimum atomic E-state index is 0.304. The molecule has 0 saturated heterocycles. The second kappa shape index (κ2) is 5.70. The number of fused-ring (bicyclic) bond motifs is 2. The third-order valence-electron chi connectivity index (χ3n) is 5.40. The predicted molar refractivity (Wildman–Crippen MR) is 102 cm³/mol. The molecule has 130 valence electrons. The third-order valence-corrected chi connectivity index (χ3v) is 5.40. The number of phenolic OH excluding ortho intramolecular Hbond substituents is 2. The molecule has 2 aliphatic heterocycles. The minimum Gasteiger partial charge on any atom is -0.508 e. The molecule has 0 aliphatic carbocycles. The van der Waals surface area contributed by atoms with Crippen LogP contribution in [-0.4, -0.2) is 10.2 Å². The number of benzene rings is 3. The van der Waals surface area contributed by atoms with Crippen LogP contribution < -0.4 is 9.80 Å². The van der Waals surface area contributed by atoms with Gasteiger partial charge in [0.1, 0.15) is 11.5 Å². The first kappa shape index (κ1) is 15.1. The zero-order chi connectivity index (χ0) is 17.7. The SMILES string of the molecule is Oc1ccc(N2Cc3cc4c(cc3C2)CN(c2ccc(O)cc2)C4)cc1. The summed E-state index contributed by atoms with van der Waals surface area (Å²) in [7, 11) is 0. The van der Waals surface area contributed by atoms with Crippen molar-refractivity contribution in [2.75, 3.05) is 9.80 Å². The van der Waals surface area contributed by atoms with Gasteiger partial charge in [-0.05, 0) is 70.8 Å². The summed E-state index contributed by atoms with van der Waals surface area (Å²) in [5.41, 5.74) is 7.86. The second-order valence-electron chi connectivity index (χ2n) is 7.13. The number of rotatable bonds is 2. The van der Waals surface area contributed by atoms with Crippen LogP contribution in [-0.2, 0) is 26.2 Å². The van der Waals surface area contributed by atoms with Crippen LogP contribution in [0.5, 0.6) is 11.5 Å². The zero-order valence-electron chi connectivity index (χ0n) is 14.4. The van der Waals surface area contributed by atoms with Crippen LogP contribution in [0.4, 0.5) is 11.4 Å². The highest BCUT2D eigenvalue weighted by molar-refractivity contribution is 5.58. The summed E-state index contributed by atoms with van der Waals surface area (Å²) >= 11 is 0. The highest BCUT2D eigenvalue weighted by atomic mass is 16.3. The lowest BCUT2D eigenvalue weighted by Crippen LogP contribution is -2.15. The molecule has 3 aromatic rings. The Hall–Kier alpha value is -3.14. The molecule has 0 bridgehead atoms. The van der Waals surface area contributed by atoms with Crippen molar-refractivity contribution in [2.24, 2.45) is 0 Å². The van der Waals surface area contributed by atoms with Crippen LogP contribution in [0.1, 0.15) is 22.3 Å². The van der Waals surface area contributed by atoms with E-state index in [1.165, 1.54) is 22.3 Å². The molecule has 4 nitrogen and oxygen atoms in total. The lowest BCUT2D eigenvalue weighted by atomic mass is 10.0. The van der Waals surface area contributed by atoms with Crippen LogP contribution in [0.3, 0.4) is 0 Å². The molecule has 2 heterocycles. The molecule has 0 atom stereocenters. The van der Waals surface area contributed by atoms with Gasteiger partial charge in [-0.1, -0.05) is 12.1 Å². The Morgan fingerprint density at radius 2 is 0.808 bits per heavy atom. The molecule has 0 amide bonds. The quantitative estimate of drug-likeness (QED) is 0.733. The smallest absolute Gasteiger partial charge is 0.115 e. The normalized spacial score (nSPS) is 15.2. The Morgan fingerprint density at radius 1 is 0.500 bits per heavy atom. The first-order chi connectivity index (χ1) is 12.7. The second-order valence-corrected chi connectivity index (χ2v) is 7.13. The molecule has 0 fully saturated rings. The molecule has 3 aromatic carbocycles. The number of phenols is 2. The Morgan fingerprint density at radius 3 is 1.12 bits per heavy atom. The van der Waals surface area contributed by atoms with E-state index in [4.69, 9.17) is 0 Å². The summed E-state index contributed by atoms with van der Waals surface area (Å²) in [5.74, 6) is 0.609. The summed E-state index contributed by atoms with van der Waals surface area (Å²) in [4.78, 5) is 4.69. The fraction of sp³-hybridized carbons (Fsp3) is 0.182. The Kier molecular flexibility index (Phi) is 3.32. The van der Waals surface area contributed by atoms with E-state index in [2.05, 4.69) is 21.9 Å². The topological polar surface area (TPSA) is 46.9 Å². The number of aromatic hydroxyl groups is 2. The van der Waals surface area contributed by atoms with Crippen molar-refractivity contribution >= 4 is 11.4 Å². The molecule has 2 aliphatic rings. The minimum absolute atomic E-state index is 0.304. The van der Waals surface area contributed by atoms with Gasteiger partial charge in [0.2, 0.25) is 0 Å². The van der Waals surface area contributed by atoms with Gasteiger partial charge in [0, 0.05) is 37.6 Å². The van der Waals surface area contributed by atoms with Gasteiger partial charge < -0.3 is 20.0 Å². The Labute approximate surface area is 152 Å². The van der Waals surface area contributed by atoms with E-state index in [1.807, 2.05) is 24.3 Å². The summed E-state index contributed by atoms with van der Waals surface area (Å²) < 4.78 is 0. The first-order valence-electron chi connectivity index (χ1n) is 8.87. The van der Waals surface area contributed by atoms with Gasteiger partial charge in [-0.3, -0.25) is 0 Å². The van der Waals surface area contributed by atoms with E-state index < -0.39 is 0 Å². The van der Waals surface area contributed by atoms with Gasteiger partial charge in [-0.15, -0.1) is 0 Å². The van der Waals surface area contributed by atoms with Crippen molar-refractivity contribution < 1.29 is 10.2 Å². The number of hydrogen-bond acceptors (Lipinski definition) is 4. The predicted octanol–water partition coefficient (Wildman–Crippen LogP) is 4.14. The standard InChI is InChI=1S/C22H20N2O2/c25-21-5-1-19(2-6-21)23-11-15-9-17-13-24(14-18(17)10-16(15)12-23)20-3-7-22(26)8-4-20/h1-10,25-26H,11-14H2. The largest absolute Gasteiger partial charge is 0.508 e. The van der Waals surface area contributed by atoms with E-state index in [0.717, 1.165) is 37.6 Å². The highest BCUT2D eigenvalue weighted by Crippen LogP contribution is 2.35. The summed E-state index contributed by atoms with van der Waals surface area (Å²) in [6, 6.07) is 19.6. The van der Waals surface area contributed by atoms with Crippen LogP contribution in [0.2, 0.25) is 0 Å². The zero-order valence-corrected chi connectivity index (χ0v) is 14.4. The van der Waals surface area contributed by atoms with Crippen LogP contribution in [0.25, 0.3) is 0 Å². The van der Waals surface area contributed by atoms with Crippen molar-refractivity contribution in [3.63, 3.8) is 0 Å². The van der Waals surface area contributed by atoms with Crippen molar-refractivity contribution in [2.45, 2.75) is 26.2 Å². The maximum Gasteiger partial charge on any atom is 0.115 e. The van der Waals surface area contributed by atoms with E-state index in [9.17, 15) is 10.2 Å². The average Bonchev–Trinajstić information content (AvgIpc) is 3.23. The molecule has 0 unspecified atom stereocenters. The lowest BCUT2D eigenvalue weighted by Gasteiger charge is -2.18. The maximum absolute atomic E-state index is 9.48. The fourth-order valence-electron chi connectivity index (χ4n) is 4.01. The Balaban J connectivity index is 1.37. The van der Waals surface area contributed by atoms with E-state index >= 15 is 0 Å². The molecule has 0 spiro atoms. The highest BCUT2D eigenvalue weighted by Gasteiger charge is 2.25. The summed E-state index contributed by atoms with van der Waals surface area (Å²) in [6.07, 6.45) is 0. The van der Waals surface area contributed by atoms with Crippen LogP contribution in [0.15, 0.2) is 60.7 Å². The number of anilines is 2. The van der Waals surface area contributed by atoms with Crippen molar-refractivity contribution in [1.29, 1.82) is 0 Å². The van der Waals surface area contributed by atoms with Gasteiger partial charge in [0.25, 0.3) is 0 Å². The van der Waals surface area contributed by atoms with Gasteiger partial charge in [-0.25, -0.2) is 0 Å². The monoisotopic (exact) mass is 344 g/mol. The molecule has 0 radical (unpaired) electrons. The lowest BCUT2D eigenvalue weighted by molar-refractivity contribution is 0.474. The molecule has 26 heavy (non-hydrogen) atoms. The molecule has 0 saturated carbocycles. The summed E-state index contributed by atoms with van der Waals surface area (Å²) in [6.45, 7) is 3.64. The van der Waals surface area contributed by atoms with Gasteiger partial charge >= 0.3 is 0 Å². The molecular formula is C22H20N2O2. The van der Waals surface area contributed by atoms with Gasteiger partial charge in [0.15, 0.2) is 0 Å². The van der Waals surface area contributed by atoms with Crippen molar-refractivity contribution in [1.82, 2.24) is 0 Å². The molecule has 0 aromatic heterocycles. The van der Waals surface area contributed by atoms with E-state index in [0.29, 0.717) is 11.5 Å². The Bertz CT molecular complexity index is 853. The van der Waals surface area contributed by atoms with Crippen molar-refractivity contribution in [3.05, 3.63) is 82.9 Å². The van der Waals surface area contributed by atoms with Crippen LogP contribution in [0, 0.1) is 0 Å². The molecule has 5 rings (SSSR count).